The summed E-state index contributed by atoms with van der Waals surface area (Å²) in [5.41, 5.74) is 6.83. The minimum Gasteiger partial charge on any atom is -0.355 e. The first kappa shape index (κ1) is 27.6. The number of hydrogen-bond acceptors (Lipinski definition) is 3. The van der Waals surface area contributed by atoms with Gasteiger partial charge in [-0.05, 0) is 31.4 Å². The summed E-state index contributed by atoms with van der Waals surface area (Å²) < 4.78 is 0. The minimum atomic E-state index is -0.135. The van der Waals surface area contributed by atoms with Crippen molar-refractivity contribution < 1.29 is 4.79 Å². The number of carbonyl (C=O) groups is 1. The fourth-order valence-electron chi connectivity index (χ4n) is 3.96. The van der Waals surface area contributed by atoms with E-state index in [1.165, 1.54) is 76.2 Å². The normalized spacial score (nSPS) is 12.1. The molecule has 4 N–H and O–H groups in total. The number of nitrogens with two attached hydrogens (primary N) is 1. The average molecular weight is 432 g/mol. The third-order valence-electron chi connectivity index (χ3n) is 5.99. The van der Waals surface area contributed by atoms with Gasteiger partial charge in [0.15, 0.2) is 0 Å². The molecule has 31 heavy (non-hydrogen) atoms. The van der Waals surface area contributed by atoms with Crippen LogP contribution in [0.4, 0.5) is 0 Å². The highest BCUT2D eigenvalue weighted by molar-refractivity contribution is 5.81. The van der Waals surface area contributed by atoms with Crippen molar-refractivity contribution >= 4 is 5.91 Å². The van der Waals surface area contributed by atoms with Gasteiger partial charge >= 0.3 is 0 Å². The van der Waals surface area contributed by atoms with E-state index in [9.17, 15) is 4.79 Å². The number of carbonyl (C=O) groups excluding carboxylic acids is 1. The highest BCUT2D eigenvalue weighted by Gasteiger charge is 2.16. The van der Waals surface area contributed by atoms with Crippen LogP contribution < -0.4 is 16.4 Å². The van der Waals surface area contributed by atoms with Crippen LogP contribution in [0.1, 0.15) is 109 Å². The zero-order chi connectivity index (χ0) is 22.4. The summed E-state index contributed by atoms with van der Waals surface area (Å²) in [4.78, 5) is 12.7. The Balaban J connectivity index is 2.09. The van der Waals surface area contributed by atoms with E-state index in [0.717, 1.165) is 38.8 Å². The van der Waals surface area contributed by atoms with Crippen molar-refractivity contribution in [1.29, 1.82) is 0 Å². The third kappa shape index (κ3) is 16.0. The summed E-state index contributed by atoms with van der Waals surface area (Å²) in [6.07, 6.45) is 18.8. The lowest BCUT2D eigenvalue weighted by Crippen LogP contribution is -2.44. The van der Waals surface area contributed by atoms with Crippen LogP contribution in [0.15, 0.2) is 30.3 Å². The van der Waals surface area contributed by atoms with E-state index >= 15 is 0 Å². The Kier molecular flexibility index (Phi) is 18.3. The van der Waals surface area contributed by atoms with Gasteiger partial charge in [-0.2, -0.15) is 0 Å². The Bertz CT molecular complexity index is 520. The van der Waals surface area contributed by atoms with Gasteiger partial charge in [0, 0.05) is 13.1 Å². The van der Waals surface area contributed by atoms with E-state index in [-0.39, 0.29) is 11.9 Å². The Morgan fingerprint density at radius 2 is 1.39 bits per heavy atom. The Morgan fingerprint density at radius 1 is 0.806 bits per heavy atom. The SMILES string of the molecule is CCCCCCCCCCCCCCNC(=O)[C@H](CCCCN)NCc1ccccc1. The first-order valence-corrected chi connectivity index (χ1v) is 13.0. The molecule has 0 unspecified atom stereocenters. The molecule has 4 heteroatoms. The molecular weight excluding hydrogens is 382 g/mol. The van der Waals surface area contributed by atoms with E-state index in [1.807, 2.05) is 18.2 Å². The molecule has 0 bridgehead atoms. The van der Waals surface area contributed by atoms with Crippen molar-refractivity contribution in [3.05, 3.63) is 35.9 Å². The third-order valence-corrected chi connectivity index (χ3v) is 5.99. The Labute approximate surface area is 192 Å². The summed E-state index contributed by atoms with van der Waals surface area (Å²) in [6.45, 7) is 4.47. The quantitative estimate of drug-likeness (QED) is 0.206. The molecule has 1 aromatic rings. The predicted octanol–water partition coefficient (Wildman–Crippen LogP) is 6.09. The van der Waals surface area contributed by atoms with Crippen LogP contribution in [0, 0.1) is 0 Å². The minimum absolute atomic E-state index is 0.135. The van der Waals surface area contributed by atoms with Crippen LogP contribution in [0.2, 0.25) is 0 Å². The molecule has 1 rings (SSSR count). The zero-order valence-electron chi connectivity index (χ0n) is 20.2. The lowest BCUT2D eigenvalue weighted by Gasteiger charge is -2.18. The number of nitrogens with one attached hydrogen (secondary N) is 2. The zero-order valence-corrected chi connectivity index (χ0v) is 20.2. The number of benzene rings is 1. The van der Waals surface area contributed by atoms with Gasteiger partial charge in [0.25, 0.3) is 0 Å². The lowest BCUT2D eigenvalue weighted by atomic mass is 10.1. The monoisotopic (exact) mass is 431 g/mol. The summed E-state index contributed by atoms with van der Waals surface area (Å²) in [5, 5.41) is 6.59. The molecule has 0 heterocycles. The van der Waals surface area contributed by atoms with Gasteiger partial charge in [-0.15, -0.1) is 0 Å². The van der Waals surface area contributed by atoms with Crippen LogP contribution in [-0.2, 0) is 11.3 Å². The molecule has 0 aliphatic rings. The molecule has 0 saturated carbocycles. The van der Waals surface area contributed by atoms with E-state index in [1.54, 1.807) is 0 Å². The van der Waals surface area contributed by atoms with Crippen molar-refractivity contribution in [3.63, 3.8) is 0 Å². The van der Waals surface area contributed by atoms with Gasteiger partial charge in [0.2, 0.25) is 5.91 Å². The highest BCUT2D eigenvalue weighted by atomic mass is 16.2. The summed E-state index contributed by atoms with van der Waals surface area (Å²) in [5.74, 6) is 0.135. The number of unbranched alkanes of at least 4 members (excludes halogenated alkanes) is 12. The Morgan fingerprint density at radius 3 is 1.97 bits per heavy atom. The molecule has 178 valence electrons. The maximum atomic E-state index is 12.7. The van der Waals surface area contributed by atoms with Crippen LogP contribution in [0.25, 0.3) is 0 Å². The van der Waals surface area contributed by atoms with Crippen LogP contribution in [0.3, 0.4) is 0 Å². The van der Waals surface area contributed by atoms with Crippen molar-refractivity contribution in [1.82, 2.24) is 10.6 Å². The van der Waals surface area contributed by atoms with Crippen molar-refractivity contribution in [2.75, 3.05) is 13.1 Å². The van der Waals surface area contributed by atoms with Gasteiger partial charge < -0.3 is 16.4 Å². The first-order valence-electron chi connectivity index (χ1n) is 13.0. The largest absolute Gasteiger partial charge is 0.355 e. The molecular formula is C27H49N3O. The van der Waals surface area contributed by atoms with Crippen molar-refractivity contribution in [2.24, 2.45) is 5.73 Å². The van der Waals surface area contributed by atoms with Crippen LogP contribution >= 0.6 is 0 Å². The van der Waals surface area contributed by atoms with Gasteiger partial charge in [-0.1, -0.05) is 114 Å². The van der Waals surface area contributed by atoms with E-state index in [2.05, 4.69) is 29.7 Å². The topological polar surface area (TPSA) is 67.2 Å². The second-order valence-corrected chi connectivity index (χ2v) is 8.88. The summed E-state index contributed by atoms with van der Waals surface area (Å²) in [7, 11) is 0. The van der Waals surface area contributed by atoms with Gasteiger partial charge in [0.1, 0.15) is 0 Å². The number of hydrogen-bond donors (Lipinski definition) is 3. The van der Waals surface area contributed by atoms with Crippen LogP contribution in [-0.4, -0.2) is 25.0 Å². The second kappa shape index (κ2) is 20.5. The first-order chi connectivity index (χ1) is 15.3. The maximum Gasteiger partial charge on any atom is 0.237 e. The molecule has 0 fully saturated rings. The molecule has 0 spiro atoms. The van der Waals surface area contributed by atoms with Crippen molar-refractivity contribution in [2.45, 2.75) is 116 Å². The molecule has 1 amide bonds. The molecule has 0 aliphatic carbocycles. The fourth-order valence-corrected chi connectivity index (χ4v) is 3.96. The molecule has 0 radical (unpaired) electrons. The number of amides is 1. The summed E-state index contributed by atoms with van der Waals surface area (Å²) >= 11 is 0. The van der Waals surface area contributed by atoms with E-state index in [4.69, 9.17) is 5.73 Å². The standard InChI is InChI=1S/C27H49N3O/c1-2-3-4-5-6-7-8-9-10-11-12-18-23-29-27(31)26(21-16-17-22-28)30-24-25-19-14-13-15-20-25/h13-15,19-20,26,30H,2-12,16-18,21-24,28H2,1H3,(H,29,31)/t26-/m0/s1. The number of rotatable bonds is 21. The van der Waals surface area contributed by atoms with Gasteiger partial charge in [-0.25, -0.2) is 0 Å². The van der Waals surface area contributed by atoms with Crippen LogP contribution in [0.5, 0.6) is 0 Å². The molecule has 0 aromatic heterocycles. The molecule has 1 atom stereocenters. The van der Waals surface area contributed by atoms with E-state index < -0.39 is 0 Å². The molecule has 1 aromatic carbocycles. The Hall–Kier alpha value is -1.39. The molecule has 0 aliphatic heterocycles. The average Bonchev–Trinajstić information content (AvgIpc) is 2.79. The predicted molar refractivity (Wildman–Crippen MR) is 134 cm³/mol. The second-order valence-electron chi connectivity index (χ2n) is 8.88. The summed E-state index contributed by atoms with van der Waals surface area (Å²) in [6, 6.07) is 10.1. The highest BCUT2D eigenvalue weighted by Crippen LogP contribution is 2.12. The molecule has 4 nitrogen and oxygen atoms in total. The fraction of sp³-hybridized carbons (Fsp3) is 0.741. The van der Waals surface area contributed by atoms with Gasteiger partial charge in [0.05, 0.1) is 6.04 Å². The maximum absolute atomic E-state index is 12.7. The lowest BCUT2D eigenvalue weighted by molar-refractivity contribution is -0.123. The van der Waals surface area contributed by atoms with Gasteiger partial charge in [-0.3, -0.25) is 4.79 Å². The van der Waals surface area contributed by atoms with E-state index in [0.29, 0.717) is 6.54 Å². The molecule has 0 saturated heterocycles. The smallest absolute Gasteiger partial charge is 0.237 e. The van der Waals surface area contributed by atoms with Crippen molar-refractivity contribution in [3.8, 4) is 0 Å².